The van der Waals surface area contributed by atoms with Crippen LogP contribution in [0.1, 0.15) is 5.56 Å². The van der Waals surface area contributed by atoms with Crippen LogP contribution >= 0.6 is 12.4 Å². The maximum atomic E-state index is 5.38. The second-order valence-corrected chi connectivity index (χ2v) is 2.79. The third-order valence-corrected chi connectivity index (χ3v) is 1.69. The van der Waals surface area contributed by atoms with Crippen LogP contribution in [0.25, 0.3) is 0 Å². The van der Waals surface area contributed by atoms with Crippen molar-refractivity contribution in [1.29, 1.82) is 0 Å². The molecule has 0 aliphatic rings. The van der Waals surface area contributed by atoms with Crippen molar-refractivity contribution in [3.05, 3.63) is 23.8 Å². The maximum absolute atomic E-state index is 5.38. The molecule has 0 amide bonds. The van der Waals surface area contributed by atoms with Gasteiger partial charge in [-0.25, -0.2) is 0 Å². The predicted molar refractivity (Wildman–Crippen MR) is 59.5 cm³/mol. The van der Waals surface area contributed by atoms with Crippen molar-refractivity contribution in [3.63, 3.8) is 0 Å². The van der Waals surface area contributed by atoms with Crippen molar-refractivity contribution in [3.8, 4) is 11.5 Å². The van der Waals surface area contributed by atoms with E-state index in [0.717, 1.165) is 17.1 Å². The van der Waals surface area contributed by atoms with Crippen LogP contribution in [0.15, 0.2) is 18.2 Å². The number of halogens is 1. The fourth-order valence-corrected chi connectivity index (χ4v) is 1.06. The average Bonchev–Trinajstić information content (AvgIpc) is 2.16. The molecule has 0 radical (unpaired) electrons. The zero-order chi connectivity index (χ0) is 9.68. The highest BCUT2D eigenvalue weighted by Gasteiger charge is 2.02. The second kappa shape index (κ2) is 6.51. The Hall–Kier alpha value is -0.930. The lowest BCUT2D eigenvalue weighted by Gasteiger charge is -2.09. The minimum absolute atomic E-state index is 0. The molecule has 14 heavy (non-hydrogen) atoms. The molecule has 0 atom stereocenters. The highest BCUT2D eigenvalue weighted by atomic mass is 35.5. The van der Waals surface area contributed by atoms with Crippen LogP contribution in [0.5, 0.6) is 11.5 Å². The molecule has 80 valence electrons. The van der Waals surface area contributed by atoms with E-state index >= 15 is 0 Å². The van der Waals surface area contributed by atoms with E-state index in [1.54, 1.807) is 7.11 Å². The van der Waals surface area contributed by atoms with Crippen LogP contribution in [0.4, 0.5) is 0 Å². The first-order chi connectivity index (χ1) is 6.27. The summed E-state index contributed by atoms with van der Waals surface area (Å²) in [4.78, 5) is 0. The second-order valence-electron chi connectivity index (χ2n) is 2.79. The van der Waals surface area contributed by atoms with Crippen molar-refractivity contribution in [2.75, 3.05) is 20.3 Å². The quantitative estimate of drug-likeness (QED) is 0.836. The molecule has 1 aromatic carbocycles. The van der Waals surface area contributed by atoms with E-state index in [0.29, 0.717) is 13.2 Å². The summed E-state index contributed by atoms with van der Waals surface area (Å²) in [6.07, 6.45) is 0. The predicted octanol–water partition coefficient (Wildman–Crippen LogP) is 1.76. The molecule has 3 nitrogen and oxygen atoms in total. The molecular formula is C10H16ClNO2. The summed E-state index contributed by atoms with van der Waals surface area (Å²) >= 11 is 0. The van der Waals surface area contributed by atoms with Gasteiger partial charge < -0.3 is 15.2 Å². The molecule has 0 unspecified atom stereocenters. The van der Waals surface area contributed by atoms with Crippen LogP contribution in [0, 0.1) is 6.92 Å². The van der Waals surface area contributed by atoms with Crippen LogP contribution in [0.3, 0.4) is 0 Å². The van der Waals surface area contributed by atoms with Gasteiger partial charge in [-0.15, -0.1) is 12.4 Å². The molecule has 1 aromatic rings. The molecule has 0 saturated carbocycles. The van der Waals surface area contributed by atoms with Crippen LogP contribution in [-0.2, 0) is 0 Å². The van der Waals surface area contributed by atoms with Crippen LogP contribution in [0.2, 0.25) is 0 Å². The van der Waals surface area contributed by atoms with E-state index in [4.69, 9.17) is 15.2 Å². The van der Waals surface area contributed by atoms with Gasteiger partial charge in [-0.2, -0.15) is 0 Å². The van der Waals surface area contributed by atoms with Crippen molar-refractivity contribution >= 4 is 12.4 Å². The van der Waals surface area contributed by atoms with Crippen molar-refractivity contribution in [1.82, 2.24) is 0 Å². The van der Waals surface area contributed by atoms with E-state index in [1.807, 2.05) is 25.1 Å². The summed E-state index contributed by atoms with van der Waals surface area (Å²) < 4.78 is 10.5. The molecule has 0 fully saturated rings. The number of hydrogen-bond acceptors (Lipinski definition) is 3. The molecule has 0 aromatic heterocycles. The van der Waals surface area contributed by atoms with Gasteiger partial charge in [-0.1, -0.05) is 6.07 Å². The monoisotopic (exact) mass is 217 g/mol. The number of methoxy groups -OCH3 is 1. The Labute approximate surface area is 90.6 Å². The van der Waals surface area contributed by atoms with E-state index in [2.05, 4.69) is 0 Å². The van der Waals surface area contributed by atoms with Crippen LogP contribution < -0.4 is 15.2 Å². The van der Waals surface area contributed by atoms with Gasteiger partial charge in [0.15, 0.2) is 11.5 Å². The normalized spacial score (nSPS) is 9.07. The van der Waals surface area contributed by atoms with Gasteiger partial charge in [-0.05, 0) is 24.6 Å². The van der Waals surface area contributed by atoms with Crippen molar-refractivity contribution in [2.24, 2.45) is 5.73 Å². The SMILES string of the molecule is COc1cc(C)ccc1OCCN.Cl. The first-order valence-corrected chi connectivity index (χ1v) is 4.25. The zero-order valence-corrected chi connectivity index (χ0v) is 9.26. The van der Waals surface area contributed by atoms with Gasteiger partial charge in [0.1, 0.15) is 6.61 Å². The molecule has 2 N–H and O–H groups in total. The lowest BCUT2D eigenvalue weighted by atomic mass is 10.2. The summed E-state index contributed by atoms with van der Waals surface area (Å²) in [7, 11) is 1.63. The molecular weight excluding hydrogens is 202 g/mol. The number of aryl methyl sites for hydroxylation is 1. The van der Waals surface area contributed by atoms with Gasteiger partial charge in [0, 0.05) is 6.54 Å². The average molecular weight is 218 g/mol. The Balaban J connectivity index is 0.00000169. The number of rotatable bonds is 4. The first kappa shape index (κ1) is 13.1. The smallest absolute Gasteiger partial charge is 0.161 e. The molecule has 4 heteroatoms. The molecule has 0 aliphatic heterocycles. The van der Waals surface area contributed by atoms with Gasteiger partial charge in [-0.3, -0.25) is 0 Å². The molecule has 0 saturated heterocycles. The molecule has 0 spiro atoms. The largest absolute Gasteiger partial charge is 0.493 e. The van der Waals surface area contributed by atoms with E-state index in [1.165, 1.54) is 0 Å². The fourth-order valence-electron chi connectivity index (χ4n) is 1.06. The minimum Gasteiger partial charge on any atom is -0.493 e. The zero-order valence-electron chi connectivity index (χ0n) is 8.45. The van der Waals surface area contributed by atoms with Gasteiger partial charge in [0.25, 0.3) is 0 Å². The molecule has 0 bridgehead atoms. The Kier molecular flexibility index (Phi) is 6.08. The Bertz CT molecular complexity index is 279. The summed E-state index contributed by atoms with van der Waals surface area (Å²) in [5.41, 5.74) is 6.48. The topological polar surface area (TPSA) is 44.5 Å². The van der Waals surface area contributed by atoms with Crippen molar-refractivity contribution in [2.45, 2.75) is 6.92 Å². The number of ether oxygens (including phenoxy) is 2. The van der Waals surface area contributed by atoms with Gasteiger partial charge in [0.05, 0.1) is 7.11 Å². The fraction of sp³-hybridized carbons (Fsp3) is 0.400. The van der Waals surface area contributed by atoms with E-state index < -0.39 is 0 Å². The maximum Gasteiger partial charge on any atom is 0.161 e. The Morgan fingerprint density at radius 2 is 2.00 bits per heavy atom. The van der Waals surface area contributed by atoms with E-state index in [-0.39, 0.29) is 12.4 Å². The molecule has 1 rings (SSSR count). The third-order valence-electron chi connectivity index (χ3n) is 1.69. The third kappa shape index (κ3) is 3.44. The van der Waals surface area contributed by atoms with E-state index in [9.17, 15) is 0 Å². The lowest BCUT2D eigenvalue weighted by molar-refractivity contribution is 0.302. The number of hydrogen-bond donors (Lipinski definition) is 1. The van der Waals surface area contributed by atoms with Gasteiger partial charge >= 0.3 is 0 Å². The number of nitrogens with two attached hydrogens (primary N) is 1. The minimum atomic E-state index is 0. The summed E-state index contributed by atoms with van der Waals surface area (Å²) in [5.74, 6) is 1.51. The summed E-state index contributed by atoms with van der Waals surface area (Å²) in [6.45, 7) is 3.03. The van der Waals surface area contributed by atoms with Gasteiger partial charge in [0.2, 0.25) is 0 Å². The molecule has 0 aliphatic carbocycles. The summed E-state index contributed by atoms with van der Waals surface area (Å²) in [5, 5.41) is 0. The lowest BCUT2D eigenvalue weighted by Crippen LogP contribution is -2.11. The standard InChI is InChI=1S/C10H15NO2.ClH/c1-8-3-4-9(13-6-5-11)10(7-8)12-2;/h3-4,7H,5-6,11H2,1-2H3;1H. The van der Waals surface area contributed by atoms with Crippen LogP contribution in [-0.4, -0.2) is 20.3 Å². The summed E-state index contributed by atoms with van der Waals surface area (Å²) in [6, 6.07) is 5.81. The molecule has 0 heterocycles. The highest BCUT2D eigenvalue weighted by Crippen LogP contribution is 2.27. The Morgan fingerprint density at radius 1 is 1.29 bits per heavy atom. The number of benzene rings is 1. The first-order valence-electron chi connectivity index (χ1n) is 4.25. The Morgan fingerprint density at radius 3 is 2.57 bits per heavy atom. The van der Waals surface area contributed by atoms with Crippen molar-refractivity contribution < 1.29 is 9.47 Å². The highest BCUT2D eigenvalue weighted by molar-refractivity contribution is 5.85.